The molecule has 0 aliphatic carbocycles. The van der Waals surface area contributed by atoms with Crippen molar-refractivity contribution in [2.75, 3.05) is 11.4 Å². The van der Waals surface area contributed by atoms with E-state index in [9.17, 15) is 22.7 Å². The van der Waals surface area contributed by atoms with Gasteiger partial charge in [0.15, 0.2) is 10.6 Å². The quantitative estimate of drug-likeness (QED) is 0.224. The summed E-state index contributed by atoms with van der Waals surface area (Å²) in [6, 6.07) is 14.7. The van der Waals surface area contributed by atoms with Gasteiger partial charge in [-0.3, -0.25) is 4.79 Å². The molecule has 0 amide bonds. The molecule has 210 valence electrons. The molecule has 0 aliphatic rings. The van der Waals surface area contributed by atoms with Crippen molar-refractivity contribution >= 4 is 21.2 Å². The molecule has 0 unspecified atom stereocenters. The maximum Gasteiger partial charge on any atom is 0.271 e. The fraction of sp³-hybridized carbons (Fsp3) is 0.290. The Morgan fingerprint density at radius 2 is 1.62 bits per heavy atom. The zero-order chi connectivity index (χ0) is 29.2. The van der Waals surface area contributed by atoms with Crippen molar-refractivity contribution < 1.29 is 17.9 Å². The molecule has 4 aromatic rings. The van der Waals surface area contributed by atoms with Gasteiger partial charge in [0.2, 0.25) is 15.8 Å². The van der Waals surface area contributed by atoms with Gasteiger partial charge in [-0.15, -0.1) is 0 Å². The van der Waals surface area contributed by atoms with Gasteiger partial charge >= 0.3 is 0 Å². The highest BCUT2D eigenvalue weighted by molar-refractivity contribution is 7.91. The fourth-order valence-electron chi connectivity index (χ4n) is 5.03. The van der Waals surface area contributed by atoms with Gasteiger partial charge in [-0.05, 0) is 93.6 Å². The van der Waals surface area contributed by atoms with Gasteiger partial charge in [0.25, 0.3) is 5.56 Å². The molecule has 0 saturated carbocycles. The van der Waals surface area contributed by atoms with Crippen molar-refractivity contribution in [2.45, 2.75) is 63.7 Å². The summed E-state index contributed by atoms with van der Waals surface area (Å²) in [6.45, 7) is 9.96. The normalized spacial score (nSPS) is 11.6. The maximum absolute atomic E-state index is 13.8. The summed E-state index contributed by atoms with van der Waals surface area (Å²) >= 11 is 0. The second kappa shape index (κ2) is 11.6. The summed E-state index contributed by atoms with van der Waals surface area (Å²) in [5, 5.41) is 11.6. The Labute approximate surface area is 234 Å². The first-order valence-electron chi connectivity index (χ1n) is 13.3. The molecule has 0 bridgehead atoms. The van der Waals surface area contributed by atoms with Gasteiger partial charge in [0.05, 0.1) is 4.90 Å². The molecule has 0 spiro atoms. The van der Waals surface area contributed by atoms with Crippen molar-refractivity contribution in [1.29, 1.82) is 0 Å². The number of nitrogens with zero attached hydrogens (tertiary/aromatic N) is 2. The van der Waals surface area contributed by atoms with Crippen LogP contribution in [-0.2, 0) is 16.3 Å². The number of H-pyrrole nitrogens is 1. The van der Waals surface area contributed by atoms with Gasteiger partial charge in [-0.25, -0.2) is 13.4 Å². The number of benzene rings is 2. The lowest BCUT2D eigenvalue weighted by molar-refractivity contribution is 0.454. The Bertz CT molecular complexity index is 1690. The number of aryl methyl sites for hydroxylation is 4. The van der Waals surface area contributed by atoms with E-state index in [1.807, 2.05) is 50.8 Å². The largest absolute Gasteiger partial charge is 0.504 e. The van der Waals surface area contributed by atoms with Gasteiger partial charge in [0, 0.05) is 29.2 Å². The van der Waals surface area contributed by atoms with Crippen LogP contribution in [0.2, 0.25) is 0 Å². The number of nitrogens with one attached hydrogen (secondary N) is 1. The molecule has 2 aromatic heterocycles. The molecule has 7 nitrogen and oxygen atoms in total. The van der Waals surface area contributed by atoms with E-state index in [0.717, 1.165) is 29.7 Å². The molecular formula is C31H34FN3O4S. The second-order valence-corrected chi connectivity index (χ2v) is 11.8. The number of anilines is 2. The van der Waals surface area contributed by atoms with Crippen LogP contribution in [0.3, 0.4) is 0 Å². The third kappa shape index (κ3) is 5.65. The van der Waals surface area contributed by atoms with Crippen LogP contribution in [0.15, 0.2) is 69.2 Å². The Morgan fingerprint density at radius 3 is 2.20 bits per heavy atom. The highest BCUT2D eigenvalue weighted by Gasteiger charge is 2.31. The molecule has 0 aliphatic heterocycles. The van der Waals surface area contributed by atoms with Crippen LogP contribution in [0.25, 0.3) is 11.1 Å². The van der Waals surface area contributed by atoms with Crippen LogP contribution in [0.5, 0.6) is 5.75 Å². The molecule has 0 saturated heterocycles. The number of hydrogen-bond acceptors (Lipinski definition) is 6. The standard InChI is InChI=1S/C31H34FN3O4S/c1-6-8-9-26-28(35(7-2)23-17-19(3)16-20(4)18-23)29(36)30(31(37)34-26)40(38,39)24-12-10-22(11-13-24)25-14-15-27(32)33-21(25)5/h10-18H,6-9H2,1-5H3,(H2,34,36,37). The van der Waals surface area contributed by atoms with Gasteiger partial charge in [-0.2, -0.15) is 4.39 Å². The number of unbranched alkanes of at least 4 members (excludes halogenated alkanes) is 1. The minimum Gasteiger partial charge on any atom is -0.504 e. The summed E-state index contributed by atoms with van der Waals surface area (Å²) in [5.41, 5.74) is 4.48. The first kappa shape index (κ1) is 29.0. The average Bonchev–Trinajstić information content (AvgIpc) is 2.88. The zero-order valence-corrected chi connectivity index (χ0v) is 24.2. The molecule has 4 rings (SSSR count). The summed E-state index contributed by atoms with van der Waals surface area (Å²) in [7, 11) is -4.41. The molecule has 2 heterocycles. The van der Waals surface area contributed by atoms with Gasteiger partial charge < -0.3 is 15.0 Å². The first-order chi connectivity index (χ1) is 19.0. The minimum absolute atomic E-state index is 0.147. The number of pyridine rings is 2. The molecule has 0 atom stereocenters. The zero-order valence-electron chi connectivity index (χ0n) is 23.4. The van der Waals surface area contributed by atoms with Crippen LogP contribution in [-0.4, -0.2) is 30.0 Å². The monoisotopic (exact) mass is 563 g/mol. The number of sulfone groups is 1. The molecule has 0 fully saturated rings. The third-order valence-corrected chi connectivity index (χ3v) is 8.69. The third-order valence-electron chi connectivity index (χ3n) is 6.88. The Kier molecular flexibility index (Phi) is 8.44. The lowest BCUT2D eigenvalue weighted by atomic mass is 10.1. The van der Waals surface area contributed by atoms with Crippen LogP contribution in [0.1, 0.15) is 49.2 Å². The maximum atomic E-state index is 13.8. The molecule has 40 heavy (non-hydrogen) atoms. The van der Waals surface area contributed by atoms with Crippen molar-refractivity contribution in [2.24, 2.45) is 0 Å². The van der Waals surface area contributed by atoms with E-state index in [2.05, 4.69) is 9.97 Å². The summed E-state index contributed by atoms with van der Waals surface area (Å²) in [6.07, 6.45) is 2.07. The highest BCUT2D eigenvalue weighted by Crippen LogP contribution is 2.41. The molecule has 0 radical (unpaired) electrons. The molecule has 9 heteroatoms. The minimum atomic E-state index is -4.41. The topological polar surface area (TPSA) is 103 Å². The van der Waals surface area contributed by atoms with Gasteiger partial charge in [-0.1, -0.05) is 31.5 Å². The van der Waals surface area contributed by atoms with E-state index in [1.165, 1.54) is 18.2 Å². The Morgan fingerprint density at radius 1 is 0.975 bits per heavy atom. The van der Waals surface area contributed by atoms with Crippen LogP contribution in [0, 0.1) is 26.7 Å². The van der Waals surface area contributed by atoms with E-state index >= 15 is 0 Å². The lowest BCUT2D eigenvalue weighted by Gasteiger charge is -2.28. The van der Waals surface area contributed by atoms with E-state index in [-0.39, 0.29) is 10.6 Å². The molecule has 2 aromatic carbocycles. The molecule has 2 N–H and O–H groups in total. The smallest absolute Gasteiger partial charge is 0.271 e. The van der Waals surface area contributed by atoms with E-state index in [4.69, 9.17) is 0 Å². The van der Waals surface area contributed by atoms with E-state index in [1.54, 1.807) is 25.1 Å². The number of halogens is 1. The van der Waals surface area contributed by atoms with Crippen molar-refractivity contribution in [1.82, 2.24) is 9.97 Å². The van der Waals surface area contributed by atoms with E-state index < -0.39 is 32.0 Å². The summed E-state index contributed by atoms with van der Waals surface area (Å²) in [4.78, 5) is 20.9. The number of aromatic hydroxyl groups is 1. The van der Waals surface area contributed by atoms with Crippen molar-refractivity contribution in [3.63, 3.8) is 0 Å². The SMILES string of the molecule is CCCCc1[nH]c(=O)c(S(=O)(=O)c2ccc(-c3ccc(F)nc3C)cc2)c(O)c1N(CC)c1cc(C)cc(C)c1. The van der Waals surface area contributed by atoms with Crippen molar-refractivity contribution in [3.05, 3.63) is 93.4 Å². The van der Waals surface area contributed by atoms with Gasteiger partial charge in [0.1, 0.15) is 5.69 Å². The summed E-state index contributed by atoms with van der Waals surface area (Å²) < 4.78 is 41.1. The fourth-order valence-corrected chi connectivity index (χ4v) is 6.41. The Balaban J connectivity index is 1.87. The number of aromatic nitrogens is 2. The highest BCUT2D eigenvalue weighted by atomic mass is 32.2. The predicted molar refractivity (Wildman–Crippen MR) is 156 cm³/mol. The number of aromatic amines is 1. The second-order valence-electron chi connectivity index (χ2n) is 9.95. The first-order valence-corrected chi connectivity index (χ1v) is 14.8. The Hall–Kier alpha value is -3.98. The number of hydrogen-bond donors (Lipinski definition) is 2. The van der Waals surface area contributed by atoms with Crippen molar-refractivity contribution in [3.8, 4) is 16.9 Å². The predicted octanol–water partition coefficient (Wildman–Crippen LogP) is 6.54. The van der Waals surface area contributed by atoms with Crippen LogP contribution in [0.4, 0.5) is 15.8 Å². The van der Waals surface area contributed by atoms with E-state index in [0.29, 0.717) is 35.5 Å². The molecular weight excluding hydrogens is 529 g/mol. The van der Waals surface area contributed by atoms with Crippen LogP contribution < -0.4 is 10.5 Å². The number of rotatable bonds is 9. The lowest BCUT2D eigenvalue weighted by Crippen LogP contribution is -2.25. The van der Waals surface area contributed by atoms with Crippen LogP contribution >= 0.6 is 0 Å². The summed E-state index contributed by atoms with van der Waals surface area (Å²) in [5.74, 6) is -1.17. The average molecular weight is 564 g/mol.